The lowest BCUT2D eigenvalue weighted by Gasteiger charge is -2.33. The van der Waals surface area contributed by atoms with E-state index in [1.165, 1.54) is 17.2 Å². The van der Waals surface area contributed by atoms with Crippen LogP contribution in [0.1, 0.15) is 35.3 Å². The number of benzene rings is 2. The van der Waals surface area contributed by atoms with E-state index in [0.29, 0.717) is 40.1 Å². The second kappa shape index (κ2) is 8.13. The van der Waals surface area contributed by atoms with Gasteiger partial charge in [-0.1, -0.05) is 43.1 Å². The van der Waals surface area contributed by atoms with Gasteiger partial charge in [0.15, 0.2) is 6.73 Å². The number of ether oxygens (including phenoxy) is 1. The number of para-hydroxylation sites is 1. The Bertz CT molecular complexity index is 1260. The van der Waals surface area contributed by atoms with E-state index in [4.69, 9.17) is 27.9 Å². The Labute approximate surface area is 199 Å². The second-order valence-corrected chi connectivity index (χ2v) is 9.41. The summed E-state index contributed by atoms with van der Waals surface area (Å²) >= 11 is 12.5. The van der Waals surface area contributed by atoms with Crippen molar-refractivity contribution in [3.05, 3.63) is 69.1 Å². The van der Waals surface area contributed by atoms with Gasteiger partial charge in [-0.15, -0.1) is 0 Å². The molecule has 170 valence electrons. The first kappa shape index (κ1) is 21.9. The predicted molar refractivity (Wildman–Crippen MR) is 125 cm³/mol. The van der Waals surface area contributed by atoms with Gasteiger partial charge in [-0.05, 0) is 35.4 Å². The topological polar surface area (TPSA) is 79.4 Å². The molecule has 0 spiro atoms. The summed E-state index contributed by atoms with van der Waals surface area (Å²) in [6.07, 6.45) is 1.36. The molecule has 0 bridgehead atoms. The Morgan fingerprint density at radius 2 is 2.00 bits per heavy atom. The van der Waals surface area contributed by atoms with Crippen molar-refractivity contribution < 1.29 is 13.9 Å². The summed E-state index contributed by atoms with van der Waals surface area (Å²) in [4.78, 5) is 22.9. The highest BCUT2D eigenvalue weighted by Crippen LogP contribution is 2.37. The summed E-state index contributed by atoms with van der Waals surface area (Å²) in [5.41, 5.74) is 2.33. The smallest absolute Gasteiger partial charge is 0.268 e. The van der Waals surface area contributed by atoms with Gasteiger partial charge in [-0.25, -0.2) is 9.37 Å². The average Bonchev–Trinajstić information content (AvgIpc) is 2.74. The number of carbonyl (C=O) groups is 1. The fourth-order valence-electron chi connectivity index (χ4n) is 4.29. The molecule has 2 N–H and O–H groups in total. The molecule has 0 aliphatic carbocycles. The van der Waals surface area contributed by atoms with Crippen LogP contribution in [0.2, 0.25) is 10.0 Å². The number of nitrogens with one attached hydrogen (secondary N) is 2. The maximum absolute atomic E-state index is 14.9. The maximum atomic E-state index is 14.9. The van der Waals surface area contributed by atoms with Gasteiger partial charge in [-0.3, -0.25) is 9.69 Å². The lowest BCUT2D eigenvalue weighted by Crippen LogP contribution is -2.39. The highest BCUT2D eigenvalue weighted by molar-refractivity contribution is 6.40. The first-order valence-electron chi connectivity index (χ1n) is 10.3. The second-order valence-electron chi connectivity index (χ2n) is 8.59. The van der Waals surface area contributed by atoms with Crippen molar-refractivity contribution in [3.8, 4) is 5.88 Å². The van der Waals surface area contributed by atoms with E-state index in [2.05, 4.69) is 20.6 Å². The normalized spacial score (nSPS) is 16.6. The van der Waals surface area contributed by atoms with E-state index in [-0.39, 0.29) is 41.3 Å². The zero-order valence-electron chi connectivity index (χ0n) is 17.9. The first-order chi connectivity index (χ1) is 15.7. The number of hydrogen-bond acceptors (Lipinski definition) is 6. The van der Waals surface area contributed by atoms with Crippen molar-refractivity contribution in [2.45, 2.75) is 25.8 Å². The SMILES string of the molecule is CC1(C)CNCc2cc(Nc3ncc4c(n3)OCN(c3c(Cl)cccc3Cl)C4=O)cc(F)c21. The van der Waals surface area contributed by atoms with E-state index in [0.717, 1.165) is 5.56 Å². The quantitative estimate of drug-likeness (QED) is 0.538. The van der Waals surface area contributed by atoms with Gasteiger partial charge in [0, 0.05) is 30.4 Å². The third kappa shape index (κ3) is 3.88. The van der Waals surface area contributed by atoms with Gasteiger partial charge in [-0.2, -0.15) is 4.98 Å². The van der Waals surface area contributed by atoms with Crippen LogP contribution in [0.4, 0.5) is 21.7 Å². The minimum atomic E-state index is -0.383. The molecule has 3 aromatic rings. The predicted octanol–water partition coefficient (Wildman–Crippen LogP) is 5.04. The minimum absolute atomic E-state index is 0.111. The molecule has 33 heavy (non-hydrogen) atoms. The Morgan fingerprint density at radius 1 is 1.24 bits per heavy atom. The molecule has 2 aliphatic rings. The molecule has 1 amide bonds. The lowest BCUT2D eigenvalue weighted by atomic mass is 9.78. The monoisotopic (exact) mass is 487 g/mol. The third-order valence-corrected chi connectivity index (χ3v) is 6.36. The molecule has 3 heterocycles. The van der Waals surface area contributed by atoms with Crippen LogP contribution >= 0.6 is 23.2 Å². The number of hydrogen-bond donors (Lipinski definition) is 2. The standard InChI is InChI=1S/C23H20Cl2FN5O2/c1-23(2)10-27-8-12-6-13(7-17(26)18(12)23)29-22-28-9-14-20(30-22)33-11-31(21(14)32)19-15(24)4-3-5-16(19)25/h3-7,9,27H,8,10-11H2,1-2H3,(H,28,29,30). The number of halogens is 3. The number of fused-ring (bicyclic) bond motifs is 2. The van der Waals surface area contributed by atoms with Crippen LogP contribution in [0, 0.1) is 5.82 Å². The first-order valence-corrected chi connectivity index (χ1v) is 11.1. The van der Waals surface area contributed by atoms with Crippen molar-refractivity contribution in [1.82, 2.24) is 15.3 Å². The van der Waals surface area contributed by atoms with E-state index in [1.54, 1.807) is 18.2 Å². The highest BCUT2D eigenvalue weighted by atomic mass is 35.5. The fraction of sp³-hybridized carbons (Fsp3) is 0.261. The minimum Gasteiger partial charge on any atom is -0.455 e. The molecule has 10 heteroatoms. The molecule has 0 radical (unpaired) electrons. The van der Waals surface area contributed by atoms with E-state index < -0.39 is 0 Å². The van der Waals surface area contributed by atoms with Crippen LogP contribution in [0.3, 0.4) is 0 Å². The average molecular weight is 488 g/mol. The zero-order chi connectivity index (χ0) is 23.3. The number of nitrogens with zero attached hydrogens (tertiary/aromatic N) is 3. The Balaban J connectivity index is 1.42. The Morgan fingerprint density at radius 3 is 2.76 bits per heavy atom. The molecule has 0 saturated heterocycles. The van der Waals surface area contributed by atoms with E-state index in [1.807, 2.05) is 19.9 Å². The van der Waals surface area contributed by atoms with Crippen LogP contribution in [-0.4, -0.2) is 29.2 Å². The summed E-state index contributed by atoms with van der Waals surface area (Å²) in [5, 5.41) is 6.98. The van der Waals surface area contributed by atoms with Crippen molar-refractivity contribution in [1.29, 1.82) is 0 Å². The molecule has 1 aromatic heterocycles. The molecule has 0 fully saturated rings. The van der Waals surface area contributed by atoms with Crippen molar-refractivity contribution in [3.63, 3.8) is 0 Å². The molecule has 2 aliphatic heterocycles. The van der Waals surface area contributed by atoms with Crippen LogP contribution < -0.4 is 20.3 Å². The third-order valence-electron chi connectivity index (χ3n) is 5.75. The number of carbonyl (C=O) groups excluding carboxylic acids is 1. The molecule has 2 aromatic carbocycles. The van der Waals surface area contributed by atoms with Crippen LogP contribution in [0.25, 0.3) is 0 Å². The Hall–Kier alpha value is -2.94. The van der Waals surface area contributed by atoms with Gasteiger partial charge >= 0.3 is 0 Å². The fourth-order valence-corrected chi connectivity index (χ4v) is 4.89. The van der Waals surface area contributed by atoms with Crippen molar-refractivity contribution in [2.24, 2.45) is 0 Å². The van der Waals surface area contributed by atoms with E-state index in [9.17, 15) is 9.18 Å². The summed E-state index contributed by atoms with van der Waals surface area (Å²) in [6.45, 7) is 5.19. The molecule has 0 saturated carbocycles. The summed E-state index contributed by atoms with van der Waals surface area (Å²) in [7, 11) is 0. The van der Waals surface area contributed by atoms with Gasteiger partial charge in [0.1, 0.15) is 11.4 Å². The number of rotatable bonds is 3. The lowest BCUT2D eigenvalue weighted by molar-refractivity contribution is 0.0932. The van der Waals surface area contributed by atoms with E-state index >= 15 is 0 Å². The molecular formula is C23H20Cl2FN5O2. The zero-order valence-corrected chi connectivity index (χ0v) is 19.4. The number of amides is 1. The highest BCUT2D eigenvalue weighted by Gasteiger charge is 2.32. The molecular weight excluding hydrogens is 468 g/mol. The van der Waals surface area contributed by atoms with Crippen molar-refractivity contribution in [2.75, 3.05) is 23.5 Å². The summed E-state index contributed by atoms with van der Waals surface area (Å²) in [6, 6.07) is 8.29. The van der Waals surface area contributed by atoms with Gasteiger partial charge in [0.05, 0.1) is 15.7 Å². The number of anilines is 3. The van der Waals surface area contributed by atoms with Gasteiger partial charge < -0.3 is 15.4 Å². The number of aromatic nitrogens is 2. The largest absolute Gasteiger partial charge is 0.455 e. The molecule has 5 rings (SSSR count). The Kier molecular flexibility index (Phi) is 5.39. The molecule has 0 unspecified atom stereocenters. The molecule has 0 atom stereocenters. The van der Waals surface area contributed by atoms with Gasteiger partial charge in [0.2, 0.25) is 11.8 Å². The van der Waals surface area contributed by atoms with Crippen molar-refractivity contribution >= 4 is 46.4 Å². The summed E-state index contributed by atoms with van der Waals surface area (Å²) in [5.74, 6) is -0.351. The maximum Gasteiger partial charge on any atom is 0.268 e. The van der Waals surface area contributed by atoms with Crippen LogP contribution in [-0.2, 0) is 12.0 Å². The van der Waals surface area contributed by atoms with Gasteiger partial charge in [0.25, 0.3) is 5.91 Å². The van der Waals surface area contributed by atoms with Crippen LogP contribution in [0.15, 0.2) is 36.5 Å². The molecule has 7 nitrogen and oxygen atoms in total. The van der Waals surface area contributed by atoms with Crippen LogP contribution in [0.5, 0.6) is 5.88 Å². The summed E-state index contributed by atoms with van der Waals surface area (Å²) < 4.78 is 20.6.